The Hall–Kier alpha value is -0.640. The molecule has 1 aromatic carbocycles. The van der Waals surface area contributed by atoms with Gasteiger partial charge in [0, 0.05) is 10.9 Å². The fraction of sp³-hybridized carbons (Fsp3) is 0.429. The summed E-state index contributed by atoms with van der Waals surface area (Å²) in [6.45, 7) is 8.11. The second kappa shape index (κ2) is 6.34. The van der Waals surface area contributed by atoms with Crippen molar-refractivity contribution in [2.24, 2.45) is 0 Å². The van der Waals surface area contributed by atoms with Crippen molar-refractivity contribution in [1.82, 2.24) is 0 Å². The molecule has 0 amide bonds. The van der Waals surface area contributed by atoms with Crippen molar-refractivity contribution in [2.45, 2.75) is 32.0 Å². The fourth-order valence-corrected chi connectivity index (χ4v) is 1.79. The number of halogens is 1. The van der Waals surface area contributed by atoms with Crippen LogP contribution in [0, 0.1) is 0 Å². The van der Waals surface area contributed by atoms with E-state index in [-0.39, 0.29) is 5.60 Å². The van der Waals surface area contributed by atoms with Crippen LogP contribution in [0.3, 0.4) is 0 Å². The lowest BCUT2D eigenvalue weighted by atomic mass is 10.1. The Morgan fingerprint density at radius 2 is 2.24 bits per heavy atom. The Balaban J connectivity index is 2.45. The van der Waals surface area contributed by atoms with Crippen LogP contribution in [-0.2, 0) is 4.74 Å². The third-order valence-corrected chi connectivity index (χ3v) is 3.08. The maximum Gasteiger partial charge on any atom is 0.0812 e. The summed E-state index contributed by atoms with van der Waals surface area (Å²) < 4.78 is 6.58. The molecule has 1 unspecified atom stereocenters. The lowest BCUT2D eigenvalue weighted by Gasteiger charge is -2.21. The first kappa shape index (κ1) is 14.4. The number of aliphatic hydroxyl groups excluding tert-OH is 1. The number of rotatable bonds is 6. The van der Waals surface area contributed by atoms with Gasteiger partial charge in [-0.15, -0.1) is 6.58 Å². The van der Waals surface area contributed by atoms with E-state index in [2.05, 4.69) is 22.5 Å². The van der Waals surface area contributed by atoms with Gasteiger partial charge in [-0.2, -0.15) is 0 Å². The van der Waals surface area contributed by atoms with Gasteiger partial charge in [0.2, 0.25) is 0 Å². The van der Waals surface area contributed by atoms with E-state index in [0.717, 1.165) is 10.0 Å². The van der Waals surface area contributed by atoms with Crippen LogP contribution in [0.15, 0.2) is 41.4 Å². The van der Waals surface area contributed by atoms with E-state index in [1.165, 1.54) is 0 Å². The summed E-state index contributed by atoms with van der Waals surface area (Å²) in [5.41, 5.74) is 0.566. The number of ether oxygens (including phenoxy) is 1. The maximum atomic E-state index is 9.99. The smallest absolute Gasteiger partial charge is 0.0812 e. The average Bonchev–Trinajstić information content (AvgIpc) is 2.28. The van der Waals surface area contributed by atoms with E-state index in [1.807, 2.05) is 38.1 Å². The fourth-order valence-electron chi connectivity index (χ4n) is 1.37. The van der Waals surface area contributed by atoms with E-state index < -0.39 is 6.10 Å². The van der Waals surface area contributed by atoms with Crippen LogP contribution < -0.4 is 0 Å². The number of benzene rings is 1. The van der Waals surface area contributed by atoms with Gasteiger partial charge in [-0.1, -0.05) is 34.1 Å². The molecule has 1 atom stereocenters. The Labute approximate surface area is 111 Å². The lowest BCUT2D eigenvalue weighted by molar-refractivity contribution is 0.000574. The minimum Gasteiger partial charge on any atom is -0.388 e. The molecule has 0 fully saturated rings. The average molecular weight is 299 g/mol. The monoisotopic (exact) mass is 298 g/mol. The highest BCUT2D eigenvalue weighted by molar-refractivity contribution is 9.10. The van der Waals surface area contributed by atoms with Gasteiger partial charge >= 0.3 is 0 Å². The molecule has 1 aromatic rings. The Morgan fingerprint density at radius 1 is 1.53 bits per heavy atom. The number of hydrogen-bond acceptors (Lipinski definition) is 2. The lowest BCUT2D eigenvalue weighted by Crippen LogP contribution is -2.22. The van der Waals surface area contributed by atoms with Gasteiger partial charge in [0.15, 0.2) is 0 Å². The zero-order valence-electron chi connectivity index (χ0n) is 10.3. The highest BCUT2D eigenvalue weighted by Gasteiger charge is 2.14. The topological polar surface area (TPSA) is 29.5 Å². The summed E-state index contributed by atoms with van der Waals surface area (Å²) in [5, 5.41) is 9.99. The molecule has 0 radical (unpaired) electrons. The summed E-state index contributed by atoms with van der Waals surface area (Å²) in [6, 6.07) is 7.68. The maximum absolute atomic E-state index is 9.99. The second-order valence-electron chi connectivity index (χ2n) is 4.52. The molecule has 0 aliphatic rings. The molecule has 1 N–H and O–H groups in total. The summed E-state index contributed by atoms with van der Waals surface area (Å²) in [6.07, 6.45) is 1.85. The third kappa shape index (κ3) is 5.02. The van der Waals surface area contributed by atoms with Crippen molar-refractivity contribution in [3.05, 3.63) is 47.0 Å². The van der Waals surface area contributed by atoms with Crippen molar-refractivity contribution >= 4 is 15.9 Å². The molecule has 0 bridgehead atoms. The summed E-state index contributed by atoms with van der Waals surface area (Å²) >= 11 is 3.39. The molecule has 0 heterocycles. The van der Waals surface area contributed by atoms with Crippen LogP contribution in [0.1, 0.15) is 31.9 Å². The van der Waals surface area contributed by atoms with Gasteiger partial charge in [-0.3, -0.25) is 0 Å². The molecule has 0 aromatic heterocycles. The van der Waals surface area contributed by atoms with Gasteiger partial charge in [-0.25, -0.2) is 0 Å². The first-order chi connectivity index (χ1) is 7.94. The van der Waals surface area contributed by atoms with E-state index in [1.54, 1.807) is 6.08 Å². The molecule has 0 saturated carbocycles. The highest BCUT2D eigenvalue weighted by atomic mass is 79.9. The molecule has 1 rings (SSSR count). The van der Waals surface area contributed by atoms with Gasteiger partial charge in [0.05, 0.1) is 18.3 Å². The SMILES string of the molecule is C=CC(C)(C)OCCC(O)c1cccc(Br)c1. The van der Waals surface area contributed by atoms with E-state index in [4.69, 9.17) is 4.74 Å². The predicted octanol–water partition coefficient (Wildman–Crippen LogP) is 3.85. The molecule has 0 spiro atoms. The predicted molar refractivity (Wildman–Crippen MR) is 73.9 cm³/mol. The second-order valence-corrected chi connectivity index (χ2v) is 5.43. The first-order valence-electron chi connectivity index (χ1n) is 5.66. The third-order valence-electron chi connectivity index (χ3n) is 2.59. The van der Waals surface area contributed by atoms with Crippen LogP contribution in [0.5, 0.6) is 0 Å². The molecular formula is C14H19BrO2. The molecule has 3 heteroatoms. The Morgan fingerprint density at radius 3 is 2.82 bits per heavy atom. The number of hydrogen-bond donors (Lipinski definition) is 1. The van der Waals surface area contributed by atoms with Crippen molar-refractivity contribution in [2.75, 3.05) is 6.61 Å². The molecular weight excluding hydrogens is 280 g/mol. The minimum absolute atomic E-state index is 0.336. The van der Waals surface area contributed by atoms with Crippen LogP contribution in [-0.4, -0.2) is 17.3 Å². The van der Waals surface area contributed by atoms with E-state index in [0.29, 0.717) is 13.0 Å². The van der Waals surface area contributed by atoms with E-state index >= 15 is 0 Å². The van der Waals surface area contributed by atoms with Crippen LogP contribution in [0.25, 0.3) is 0 Å². The normalized spacial score (nSPS) is 13.4. The Bertz CT molecular complexity index is 374. The van der Waals surface area contributed by atoms with Gasteiger partial charge in [-0.05, 0) is 31.5 Å². The molecule has 2 nitrogen and oxygen atoms in total. The highest BCUT2D eigenvalue weighted by Crippen LogP contribution is 2.21. The van der Waals surface area contributed by atoms with Gasteiger partial charge in [0.1, 0.15) is 0 Å². The first-order valence-corrected chi connectivity index (χ1v) is 6.45. The van der Waals surface area contributed by atoms with E-state index in [9.17, 15) is 5.11 Å². The zero-order valence-corrected chi connectivity index (χ0v) is 11.9. The van der Waals surface area contributed by atoms with Crippen LogP contribution >= 0.6 is 15.9 Å². The van der Waals surface area contributed by atoms with Crippen molar-refractivity contribution in [3.8, 4) is 0 Å². The summed E-state index contributed by atoms with van der Waals surface area (Å²) in [7, 11) is 0. The quantitative estimate of drug-likeness (QED) is 0.808. The largest absolute Gasteiger partial charge is 0.388 e. The molecule has 0 saturated heterocycles. The molecule has 0 aliphatic carbocycles. The van der Waals surface area contributed by atoms with Crippen molar-refractivity contribution in [1.29, 1.82) is 0 Å². The molecule has 94 valence electrons. The van der Waals surface area contributed by atoms with Crippen LogP contribution in [0.2, 0.25) is 0 Å². The van der Waals surface area contributed by atoms with Gasteiger partial charge < -0.3 is 9.84 Å². The van der Waals surface area contributed by atoms with Crippen molar-refractivity contribution in [3.63, 3.8) is 0 Å². The van der Waals surface area contributed by atoms with Crippen molar-refractivity contribution < 1.29 is 9.84 Å². The Kier molecular flexibility index (Phi) is 5.37. The molecule has 0 aliphatic heterocycles. The molecule has 17 heavy (non-hydrogen) atoms. The standard InChI is InChI=1S/C14H19BrO2/c1-4-14(2,3)17-9-8-13(16)11-6-5-7-12(15)10-11/h4-7,10,13,16H,1,8-9H2,2-3H3. The zero-order chi connectivity index (χ0) is 12.9. The minimum atomic E-state index is -0.492. The van der Waals surface area contributed by atoms with Crippen LogP contribution in [0.4, 0.5) is 0 Å². The van der Waals surface area contributed by atoms with Gasteiger partial charge in [0.25, 0.3) is 0 Å². The summed E-state index contributed by atoms with van der Waals surface area (Å²) in [5.74, 6) is 0. The summed E-state index contributed by atoms with van der Waals surface area (Å²) in [4.78, 5) is 0. The number of aliphatic hydroxyl groups is 1.